The Bertz CT molecular complexity index is 639. The molecule has 0 spiro atoms. The quantitative estimate of drug-likeness (QED) is 0.805. The minimum absolute atomic E-state index is 0.112. The number of hydrogen-bond donors (Lipinski definition) is 1. The van der Waals surface area contributed by atoms with Gasteiger partial charge in [-0.15, -0.1) is 5.10 Å². The van der Waals surface area contributed by atoms with Gasteiger partial charge in [0.05, 0.1) is 26.3 Å². The van der Waals surface area contributed by atoms with Crippen molar-refractivity contribution >= 4 is 11.9 Å². The van der Waals surface area contributed by atoms with E-state index in [-0.39, 0.29) is 30.0 Å². The summed E-state index contributed by atoms with van der Waals surface area (Å²) in [7, 11) is 1.31. The van der Waals surface area contributed by atoms with Gasteiger partial charge in [0.25, 0.3) is 5.91 Å². The van der Waals surface area contributed by atoms with Gasteiger partial charge in [0.1, 0.15) is 0 Å². The lowest BCUT2D eigenvalue weighted by molar-refractivity contribution is -0.141. The van der Waals surface area contributed by atoms with Crippen molar-refractivity contribution in [1.82, 2.24) is 20.3 Å². The van der Waals surface area contributed by atoms with Gasteiger partial charge in [-0.1, -0.05) is 35.5 Å². The molecular formula is C15H18N4O3. The maximum absolute atomic E-state index is 12.0. The highest BCUT2D eigenvalue weighted by molar-refractivity contribution is 5.92. The standard InChI is InChI=1S/C15H18N4O3/c1-11(8-14(20)22-2)16-15(21)13-10-19(18-17-13)9-12-6-4-3-5-7-12/h3-7,10-11H,8-9H2,1-2H3,(H,16,21). The number of benzene rings is 1. The molecule has 1 atom stereocenters. The maximum Gasteiger partial charge on any atom is 0.307 e. The number of carbonyl (C=O) groups excluding carboxylic acids is 2. The van der Waals surface area contributed by atoms with Crippen LogP contribution in [0.25, 0.3) is 0 Å². The molecule has 1 aromatic heterocycles. The molecule has 1 heterocycles. The highest BCUT2D eigenvalue weighted by Crippen LogP contribution is 2.03. The van der Waals surface area contributed by atoms with Crippen molar-refractivity contribution in [1.29, 1.82) is 0 Å². The second-order valence-corrected chi connectivity index (χ2v) is 4.94. The van der Waals surface area contributed by atoms with E-state index in [2.05, 4.69) is 20.4 Å². The number of amides is 1. The monoisotopic (exact) mass is 302 g/mol. The van der Waals surface area contributed by atoms with Crippen LogP contribution in [0.1, 0.15) is 29.4 Å². The summed E-state index contributed by atoms with van der Waals surface area (Å²) in [5.41, 5.74) is 1.28. The first-order chi connectivity index (χ1) is 10.6. The van der Waals surface area contributed by atoms with E-state index in [1.165, 1.54) is 7.11 Å². The van der Waals surface area contributed by atoms with Crippen LogP contribution < -0.4 is 5.32 Å². The molecule has 0 aliphatic rings. The van der Waals surface area contributed by atoms with Gasteiger partial charge < -0.3 is 10.1 Å². The summed E-state index contributed by atoms with van der Waals surface area (Å²) in [6.07, 6.45) is 1.69. The van der Waals surface area contributed by atoms with Crippen LogP contribution in [-0.4, -0.2) is 40.0 Å². The summed E-state index contributed by atoms with van der Waals surface area (Å²) >= 11 is 0. The van der Waals surface area contributed by atoms with Crippen LogP contribution >= 0.6 is 0 Å². The molecule has 1 amide bonds. The van der Waals surface area contributed by atoms with Crippen LogP contribution in [-0.2, 0) is 16.1 Å². The van der Waals surface area contributed by atoms with Crippen LogP contribution in [0.2, 0.25) is 0 Å². The largest absolute Gasteiger partial charge is 0.469 e. The fourth-order valence-corrected chi connectivity index (χ4v) is 1.93. The van der Waals surface area contributed by atoms with Crippen LogP contribution in [0.4, 0.5) is 0 Å². The summed E-state index contributed by atoms with van der Waals surface area (Å²) in [6.45, 7) is 2.27. The van der Waals surface area contributed by atoms with E-state index >= 15 is 0 Å². The number of ether oxygens (including phenoxy) is 1. The first kappa shape index (κ1) is 15.7. The summed E-state index contributed by atoms with van der Waals surface area (Å²) in [4.78, 5) is 23.2. The van der Waals surface area contributed by atoms with E-state index < -0.39 is 0 Å². The van der Waals surface area contributed by atoms with E-state index in [0.717, 1.165) is 5.56 Å². The average Bonchev–Trinajstić information content (AvgIpc) is 2.96. The number of carbonyl (C=O) groups is 2. The SMILES string of the molecule is COC(=O)CC(C)NC(=O)c1cn(Cc2ccccc2)nn1. The Morgan fingerprint density at radius 2 is 2.05 bits per heavy atom. The molecule has 2 aromatic rings. The predicted octanol–water partition coefficient (Wildman–Crippen LogP) is 1.01. The van der Waals surface area contributed by atoms with E-state index in [1.54, 1.807) is 17.8 Å². The second kappa shape index (κ2) is 7.35. The molecule has 22 heavy (non-hydrogen) atoms. The lowest BCUT2D eigenvalue weighted by Crippen LogP contribution is -2.34. The first-order valence-electron chi connectivity index (χ1n) is 6.90. The van der Waals surface area contributed by atoms with Crippen molar-refractivity contribution in [3.63, 3.8) is 0 Å². The van der Waals surface area contributed by atoms with Crippen LogP contribution in [0.3, 0.4) is 0 Å². The zero-order valence-electron chi connectivity index (χ0n) is 12.5. The van der Waals surface area contributed by atoms with Crippen molar-refractivity contribution in [2.45, 2.75) is 25.9 Å². The Morgan fingerprint density at radius 1 is 1.32 bits per heavy atom. The molecule has 0 radical (unpaired) electrons. The Balaban J connectivity index is 1.93. The number of aromatic nitrogens is 3. The third-order valence-electron chi connectivity index (χ3n) is 3.04. The van der Waals surface area contributed by atoms with Gasteiger partial charge in [0.15, 0.2) is 5.69 Å². The van der Waals surface area contributed by atoms with Gasteiger partial charge in [-0.2, -0.15) is 0 Å². The van der Waals surface area contributed by atoms with E-state index in [4.69, 9.17) is 0 Å². The number of hydrogen-bond acceptors (Lipinski definition) is 5. The van der Waals surface area contributed by atoms with Crippen LogP contribution in [0, 0.1) is 0 Å². The Labute approximate surface area is 128 Å². The average molecular weight is 302 g/mol. The molecule has 0 aliphatic heterocycles. The maximum atomic E-state index is 12.0. The predicted molar refractivity (Wildman–Crippen MR) is 79.1 cm³/mol. The summed E-state index contributed by atoms with van der Waals surface area (Å²) in [5, 5.41) is 10.5. The van der Waals surface area contributed by atoms with E-state index in [0.29, 0.717) is 6.54 Å². The number of nitrogens with zero attached hydrogens (tertiary/aromatic N) is 3. The minimum atomic E-state index is -0.375. The zero-order chi connectivity index (χ0) is 15.9. The van der Waals surface area contributed by atoms with Crippen molar-refractivity contribution in [3.05, 3.63) is 47.8 Å². The Morgan fingerprint density at radius 3 is 2.73 bits per heavy atom. The molecule has 0 aliphatic carbocycles. The van der Waals surface area contributed by atoms with E-state index in [1.807, 2.05) is 30.3 Å². The van der Waals surface area contributed by atoms with Gasteiger partial charge in [-0.3, -0.25) is 9.59 Å². The first-order valence-corrected chi connectivity index (χ1v) is 6.90. The molecule has 1 aromatic carbocycles. The van der Waals surface area contributed by atoms with Crippen molar-refractivity contribution in [2.75, 3.05) is 7.11 Å². The number of esters is 1. The molecule has 116 valence electrons. The fourth-order valence-electron chi connectivity index (χ4n) is 1.93. The molecular weight excluding hydrogens is 284 g/mol. The van der Waals surface area contributed by atoms with Crippen molar-refractivity contribution in [3.8, 4) is 0 Å². The normalized spacial score (nSPS) is 11.7. The summed E-state index contributed by atoms with van der Waals surface area (Å²) in [5.74, 6) is -0.740. The third-order valence-corrected chi connectivity index (χ3v) is 3.04. The zero-order valence-corrected chi connectivity index (χ0v) is 12.5. The van der Waals surface area contributed by atoms with Crippen molar-refractivity contribution in [2.24, 2.45) is 0 Å². The van der Waals surface area contributed by atoms with E-state index in [9.17, 15) is 9.59 Å². The lowest BCUT2D eigenvalue weighted by Gasteiger charge is -2.10. The molecule has 7 heteroatoms. The smallest absolute Gasteiger partial charge is 0.307 e. The molecule has 1 unspecified atom stereocenters. The van der Waals surface area contributed by atoms with Crippen LogP contribution in [0.15, 0.2) is 36.5 Å². The van der Waals surface area contributed by atoms with Gasteiger partial charge in [0, 0.05) is 6.04 Å². The number of nitrogens with one attached hydrogen (secondary N) is 1. The highest BCUT2D eigenvalue weighted by atomic mass is 16.5. The molecule has 2 rings (SSSR count). The minimum Gasteiger partial charge on any atom is -0.469 e. The molecule has 0 fully saturated rings. The summed E-state index contributed by atoms with van der Waals surface area (Å²) < 4.78 is 6.15. The Kier molecular flexibility index (Phi) is 5.24. The molecule has 0 bridgehead atoms. The van der Waals surface area contributed by atoms with Gasteiger partial charge >= 0.3 is 5.97 Å². The molecule has 1 N–H and O–H groups in total. The highest BCUT2D eigenvalue weighted by Gasteiger charge is 2.16. The third kappa shape index (κ3) is 4.41. The van der Waals surface area contributed by atoms with Gasteiger partial charge in [0.2, 0.25) is 0 Å². The number of rotatable bonds is 6. The summed E-state index contributed by atoms with van der Waals surface area (Å²) in [6, 6.07) is 9.42. The van der Waals surface area contributed by atoms with Crippen molar-refractivity contribution < 1.29 is 14.3 Å². The van der Waals surface area contributed by atoms with Crippen LogP contribution in [0.5, 0.6) is 0 Å². The second-order valence-electron chi connectivity index (χ2n) is 4.94. The topological polar surface area (TPSA) is 86.1 Å². The molecule has 0 saturated carbocycles. The lowest BCUT2D eigenvalue weighted by atomic mass is 10.2. The number of methoxy groups -OCH3 is 1. The van der Waals surface area contributed by atoms with Gasteiger partial charge in [-0.25, -0.2) is 4.68 Å². The molecule has 0 saturated heterocycles. The Hall–Kier alpha value is -2.70. The fraction of sp³-hybridized carbons (Fsp3) is 0.333. The van der Waals surface area contributed by atoms with Gasteiger partial charge in [-0.05, 0) is 12.5 Å². The molecule has 7 nitrogen and oxygen atoms in total.